The van der Waals surface area contributed by atoms with Gasteiger partial charge in [0.1, 0.15) is 5.75 Å². The minimum absolute atomic E-state index is 0.0328. The van der Waals surface area contributed by atoms with E-state index in [-0.39, 0.29) is 5.84 Å². The highest BCUT2D eigenvalue weighted by molar-refractivity contribution is 5.99. The quantitative estimate of drug-likeness (QED) is 0.172. The minimum atomic E-state index is 0.0328. The molecular formula is C14H19N3O2. The molecule has 19 heavy (non-hydrogen) atoms. The fraction of sp³-hybridized carbons (Fsp3) is 0.357. The molecule has 5 nitrogen and oxygen atoms in total. The van der Waals surface area contributed by atoms with Crippen LogP contribution in [0.4, 0.5) is 0 Å². The summed E-state index contributed by atoms with van der Waals surface area (Å²) in [6.07, 6.45) is 6.91. The average molecular weight is 261 g/mol. The molecule has 0 aliphatic heterocycles. The first-order valence-corrected chi connectivity index (χ1v) is 6.02. The lowest BCUT2D eigenvalue weighted by Gasteiger charge is -2.10. The molecule has 0 atom stereocenters. The summed E-state index contributed by atoms with van der Waals surface area (Å²) in [5, 5.41) is 14.9. The Bertz CT molecular complexity index is 478. The summed E-state index contributed by atoms with van der Waals surface area (Å²) in [7, 11) is 1.55. The lowest BCUT2D eigenvalue weighted by molar-refractivity contribution is 0.318. The molecule has 0 aliphatic carbocycles. The molecule has 0 bridgehead atoms. The van der Waals surface area contributed by atoms with Crippen LogP contribution in [0.1, 0.15) is 24.0 Å². The number of terminal acetylenes is 1. The van der Waals surface area contributed by atoms with Crippen LogP contribution in [-0.2, 0) is 6.54 Å². The molecule has 0 aliphatic rings. The normalized spacial score (nSPS) is 11.1. The van der Waals surface area contributed by atoms with Crippen molar-refractivity contribution in [3.05, 3.63) is 29.3 Å². The van der Waals surface area contributed by atoms with E-state index in [9.17, 15) is 0 Å². The van der Waals surface area contributed by atoms with Gasteiger partial charge in [0.25, 0.3) is 0 Å². The molecule has 5 heteroatoms. The first-order chi connectivity index (χ1) is 9.22. The average Bonchev–Trinajstić information content (AvgIpc) is 2.46. The van der Waals surface area contributed by atoms with Crippen molar-refractivity contribution in [2.45, 2.75) is 19.4 Å². The van der Waals surface area contributed by atoms with Gasteiger partial charge in [0.05, 0.1) is 12.7 Å². The molecule has 0 radical (unpaired) electrons. The molecule has 0 saturated carbocycles. The van der Waals surface area contributed by atoms with Crippen LogP contribution >= 0.6 is 0 Å². The Kier molecular flexibility index (Phi) is 6.27. The predicted octanol–water partition coefficient (Wildman–Crippen LogP) is 1.29. The number of rotatable bonds is 7. The van der Waals surface area contributed by atoms with Crippen molar-refractivity contribution in [2.75, 3.05) is 13.7 Å². The Morgan fingerprint density at radius 2 is 2.37 bits per heavy atom. The molecule has 0 spiro atoms. The van der Waals surface area contributed by atoms with E-state index in [1.807, 2.05) is 12.1 Å². The van der Waals surface area contributed by atoms with Crippen LogP contribution in [0.5, 0.6) is 5.75 Å². The molecule has 1 aromatic carbocycles. The lowest BCUT2D eigenvalue weighted by atomic mass is 10.1. The number of ether oxygens (including phenoxy) is 1. The van der Waals surface area contributed by atoms with Crippen molar-refractivity contribution in [1.29, 1.82) is 0 Å². The number of methoxy groups -OCH3 is 1. The van der Waals surface area contributed by atoms with Gasteiger partial charge in [0.2, 0.25) is 0 Å². The fourth-order valence-electron chi connectivity index (χ4n) is 1.66. The van der Waals surface area contributed by atoms with Crippen LogP contribution in [-0.4, -0.2) is 24.7 Å². The van der Waals surface area contributed by atoms with Crippen LogP contribution in [0.3, 0.4) is 0 Å². The van der Waals surface area contributed by atoms with Crippen molar-refractivity contribution in [2.24, 2.45) is 10.9 Å². The molecule has 0 saturated heterocycles. The van der Waals surface area contributed by atoms with Gasteiger partial charge in [0.15, 0.2) is 5.84 Å². The summed E-state index contributed by atoms with van der Waals surface area (Å²) in [5.41, 5.74) is 7.19. The summed E-state index contributed by atoms with van der Waals surface area (Å²) < 4.78 is 5.23. The maximum absolute atomic E-state index is 8.68. The van der Waals surface area contributed by atoms with Crippen LogP contribution in [0.25, 0.3) is 0 Å². The van der Waals surface area contributed by atoms with Crippen LogP contribution in [0.15, 0.2) is 23.4 Å². The largest absolute Gasteiger partial charge is 0.496 e. The fourth-order valence-corrected chi connectivity index (χ4v) is 1.66. The van der Waals surface area contributed by atoms with Gasteiger partial charge >= 0.3 is 0 Å². The van der Waals surface area contributed by atoms with Gasteiger partial charge in [-0.1, -0.05) is 11.2 Å². The Morgan fingerprint density at radius 3 is 3.00 bits per heavy atom. The Hall–Kier alpha value is -2.19. The summed E-state index contributed by atoms with van der Waals surface area (Å²) in [6, 6.07) is 5.54. The van der Waals surface area contributed by atoms with Gasteiger partial charge in [-0.25, -0.2) is 0 Å². The number of hydrogen-bond donors (Lipinski definition) is 3. The van der Waals surface area contributed by atoms with Crippen molar-refractivity contribution in [3.8, 4) is 18.1 Å². The SMILES string of the molecule is C#CCCCNCc1ccc(/C(N)=N/O)c(OC)c1. The second-order valence-corrected chi connectivity index (χ2v) is 4.00. The van der Waals surface area contributed by atoms with Crippen LogP contribution in [0, 0.1) is 12.3 Å². The van der Waals surface area contributed by atoms with Crippen LogP contribution in [0.2, 0.25) is 0 Å². The summed E-state index contributed by atoms with van der Waals surface area (Å²) in [6.45, 7) is 1.59. The van der Waals surface area contributed by atoms with Gasteiger partial charge in [-0.15, -0.1) is 12.3 Å². The zero-order valence-corrected chi connectivity index (χ0v) is 11.0. The number of nitrogens with two attached hydrogens (primary N) is 1. The van der Waals surface area contributed by atoms with Crippen molar-refractivity contribution < 1.29 is 9.94 Å². The van der Waals surface area contributed by atoms with Gasteiger partial charge in [-0.3, -0.25) is 0 Å². The molecule has 0 heterocycles. The van der Waals surface area contributed by atoms with E-state index in [1.54, 1.807) is 13.2 Å². The molecule has 4 N–H and O–H groups in total. The number of unbranched alkanes of at least 4 members (excludes halogenated alkanes) is 1. The minimum Gasteiger partial charge on any atom is -0.496 e. The molecule has 1 rings (SSSR count). The molecule has 0 aromatic heterocycles. The summed E-state index contributed by atoms with van der Waals surface area (Å²) in [4.78, 5) is 0. The Balaban J connectivity index is 2.65. The standard InChI is InChI=1S/C14H19N3O2/c1-3-4-5-8-16-10-11-6-7-12(14(15)17-18)13(9-11)19-2/h1,6-7,9,16,18H,4-5,8,10H2,2H3,(H2,15,17). The van der Waals surface area contributed by atoms with E-state index >= 15 is 0 Å². The van der Waals surface area contributed by atoms with E-state index in [0.29, 0.717) is 11.3 Å². The molecule has 0 amide bonds. The highest BCUT2D eigenvalue weighted by Crippen LogP contribution is 2.20. The summed E-state index contributed by atoms with van der Waals surface area (Å²) >= 11 is 0. The van der Waals surface area contributed by atoms with Crippen molar-refractivity contribution in [3.63, 3.8) is 0 Å². The van der Waals surface area contributed by atoms with E-state index < -0.39 is 0 Å². The Morgan fingerprint density at radius 1 is 1.58 bits per heavy atom. The number of hydrogen-bond acceptors (Lipinski definition) is 4. The maximum Gasteiger partial charge on any atom is 0.173 e. The third-order valence-corrected chi connectivity index (χ3v) is 2.65. The monoisotopic (exact) mass is 261 g/mol. The van der Waals surface area contributed by atoms with E-state index in [2.05, 4.69) is 16.4 Å². The Labute approximate surface area is 113 Å². The number of amidine groups is 1. The molecular weight excluding hydrogens is 242 g/mol. The van der Waals surface area contributed by atoms with Gasteiger partial charge < -0.3 is 21.0 Å². The van der Waals surface area contributed by atoms with Crippen molar-refractivity contribution in [1.82, 2.24) is 5.32 Å². The molecule has 0 fully saturated rings. The van der Waals surface area contributed by atoms with Crippen LogP contribution < -0.4 is 15.8 Å². The molecule has 0 unspecified atom stereocenters. The number of oxime groups is 1. The molecule has 1 aromatic rings. The van der Waals surface area contributed by atoms with Gasteiger partial charge in [0, 0.05) is 13.0 Å². The third kappa shape index (κ3) is 4.53. The summed E-state index contributed by atoms with van der Waals surface area (Å²) in [5.74, 6) is 3.21. The highest BCUT2D eigenvalue weighted by atomic mass is 16.5. The van der Waals surface area contributed by atoms with Gasteiger partial charge in [-0.2, -0.15) is 0 Å². The zero-order chi connectivity index (χ0) is 14.1. The van der Waals surface area contributed by atoms with Crippen molar-refractivity contribution >= 4 is 5.84 Å². The highest BCUT2D eigenvalue weighted by Gasteiger charge is 2.08. The maximum atomic E-state index is 8.68. The lowest BCUT2D eigenvalue weighted by Crippen LogP contribution is -2.16. The number of nitrogens with one attached hydrogen (secondary N) is 1. The first kappa shape index (κ1) is 14.9. The van der Waals surface area contributed by atoms with E-state index in [4.69, 9.17) is 22.1 Å². The van der Waals surface area contributed by atoms with E-state index in [1.165, 1.54) is 0 Å². The second kappa shape index (κ2) is 8.01. The predicted molar refractivity (Wildman–Crippen MR) is 75.3 cm³/mol. The topological polar surface area (TPSA) is 79.9 Å². The smallest absolute Gasteiger partial charge is 0.173 e. The molecule has 102 valence electrons. The third-order valence-electron chi connectivity index (χ3n) is 2.65. The number of benzene rings is 1. The van der Waals surface area contributed by atoms with Gasteiger partial charge in [-0.05, 0) is 30.7 Å². The first-order valence-electron chi connectivity index (χ1n) is 6.02. The number of nitrogens with zero attached hydrogens (tertiary/aromatic N) is 1. The van der Waals surface area contributed by atoms with E-state index in [0.717, 1.165) is 31.5 Å². The second-order valence-electron chi connectivity index (χ2n) is 4.00. The zero-order valence-electron chi connectivity index (χ0n) is 11.0.